The number of Topliss-reactive ketones (excluding diaryl/α,β-unsaturated/α-hetero) is 1. The molecule has 1 saturated heterocycles. The number of likely N-dealkylation sites (tertiary alicyclic amines) is 1. The summed E-state index contributed by atoms with van der Waals surface area (Å²) in [4.78, 5) is 16.9. The highest BCUT2D eigenvalue weighted by molar-refractivity contribution is 5.97. The summed E-state index contributed by atoms with van der Waals surface area (Å²) in [7, 11) is 4.18. The lowest BCUT2D eigenvalue weighted by molar-refractivity contribution is 0.0910. The zero-order valence-corrected chi connectivity index (χ0v) is 13.3. The van der Waals surface area contributed by atoms with Crippen LogP contribution in [0.15, 0.2) is 24.3 Å². The van der Waals surface area contributed by atoms with Crippen molar-refractivity contribution in [1.82, 2.24) is 9.80 Å². The number of ether oxygens (including phenoxy) is 1. The predicted molar refractivity (Wildman–Crippen MR) is 85.1 cm³/mol. The minimum atomic E-state index is 0.198. The normalized spacial score (nSPS) is 19.1. The zero-order chi connectivity index (χ0) is 15.2. The summed E-state index contributed by atoms with van der Waals surface area (Å²) in [5.74, 6) is 1.02. The van der Waals surface area contributed by atoms with Gasteiger partial charge in [0.2, 0.25) is 0 Å². The smallest absolute Gasteiger partial charge is 0.176 e. The highest BCUT2D eigenvalue weighted by atomic mass is 16.5. The number of benzene rings is 1. The van der Waals surface area contributed by atoms with Crippen molar-refractivity contribution in [1.29, 1.82) is 0 Å². The lowest BCUT2D eigenvalue weighted by atomic mass is 10.1. The van der Waals surface area contributed by atoms with E-state index in [2.05, 4.69) is 23.9 Å². The standard InChI is InChI=1S/C17H26N2O2/c1-4-21-16-9-7-14(8-10-16)17(20)13-19-11-5-6-15(19)12-18(2)3/h7-10,15H,4-6,11-13H2,1-3H3. The van der Waals surface area contributed by atoms with E-state index in [1.165, 1.54) is 12.8 Å². The number of hydrogen-bond acceptors (Lipinski definition) is 4. The summed E-state index contributed by atoms with van der Waals surface area (Å²) >= 11 is 0. The van der Waals surface area contributed by atoms with E-state index in [4.69, 9.17) is 4.74 Å². The highest BCUT2D eigenvalue weighted by Crippen LogP contribution is 2.19. The number of likely N-dealkylation sites (N-methyl/N-ethyl adjacent to an activating group) is 1. The van der Waals surface area contributed by atoms with Gasteiger partial charge in [0.15, 0.2) is 5.78 Å². The minimum absolute atomic E-state index is 0.198. The molecule has 1 aromatic rings. The van der Waals surface area contributed by atoms with E-state index in [0.717, 1.165) is 24.4 Å². The van der Waals surface area contributed by atoms with Gasteiger partial charge in [-0.15, -0.1) is 0 Å². The molecule has 1 atom stereocenters. The minimum Gasteiger partial charge on any atom is -0.494 e. The average molecular weight is 290 g/mol. The van der Waals surface area contributed by atoms with Gasteiger partial charge in [-0.1, -0.05) is 0 Å². The molecule has 0 saturated carbocycles. The van der Waals surface area contributed by atoms with E-state index in [9.17, 15) is 4.79 Å². The van der Waals surface area contributed by atoms with Crippen LogP contribution in [-0.2, 0) is 0 Å². The third-order valence-corrected chi connectivity index (χ3v) is 3.91. The second-order valence-corrected chi connectivity index (χ2v) is 5.91. The van der Waals surface area contributed by atoms with Crippen LogP contribution in [0.5, 0.6) is 5.75 Å². The van der Waals surface area contributed by atoms with Crippen molar-refractivity contribution in [3.63, 3.8) is 0 Å². The third-order valence-electron chi connectivity index (χ3n) is 3.91. The third kappa shape index (κ3) is 4.55. The fourth-order valence-electron chi connectivity index (χ4n) is 2.91. The molecule has 0 bridgehead atoms. The Morgan fingerprint density at radius 1 is 1.33 bits per heavy atom. The van der Waals surface area contributed by atoms with E-state index in [1.807, 2.05) is 31.2 Å². The van der Waals surface area contributed by atoms with E-state index >= 15 is 0 Å². The van der Waals surface area contributed by atoms with Crippen LogP contribution < -0.4 is 4.74 Å². The molecule has 1 aliphatic rings. The molecular formula is C17H26N2O2. The first-order valence-electron chi connectivity index (χ1n) is 7.75. The van der Waals surface area contributed by atoms with E-state index < -0.39 is 0 Å². The maximum atomic E-state index is 12.4. The monoisotopic (exact) mass is 290 g/mol. The molecule has 21 heavy (non-hydrogen) atoms. The molecule has 1 aromatic carbocycles. The second-order valence-electron chi connectivity index (χ2n) is 5.91. The average Bonchev–Trinajstić information content (AvgIpc) is 2.86. The molecule has 0 aliphatic carbocycles. The summed E-state index contributed by atoms with van der Waals surface area (Å²) < 4.78 is 5.41. The number of ketones is 1. The van der Waals surface area contributed by atoms with E-state index in [0.29, 0.717) is 19.2 Å². The van der Waals surface area contributed by atoms with Gasteiger partial charge in [-0.3, -0.25) is 9.69 Å². The van der Waals surface area contributed by atoms with Crippen LogP contribution in [0.2, 0.25) is 0 Å². The van der Waals surface area contributed by atoms with Crippen molar-refractivity contribution < 1.29 is 9.53 Å². The number of carbonyl (C=O) groups is 1. The van der Waals surface area contributed by atoms with Crippen LogP contribution in [0, 0.1) is 0 Å². The van der Waals surface area contributed by atoms with Crippen molar-refractivity contribution in [2.75, 3.05) is 40.3 Å². The summed E-state index contributed by atoms with van der Waals surface area (Å²) in [5.41, 5.74) is 0.772. The van der Waals surface area contributed by atoms with Gasteiger partial charge in [0.1, 0.15) is 5.75 Å². The fraction of sp³-hybridized carbons (Fsp3) is 0.588. The topological polar surface area (TPSA) is 32.8 Å². The molecule has 1 unspecified atom stereocenters. The summed E-state index contributed by atoms with van der Waals surface area (Å²) in [6, 6.07) is 7.98. The van der Waals surface area contributed by atoms with Gasteiger partial charge in [0.05, 0.1) is 13.2 Å². The Kier molecular flexibility index (Phi) is 5.76. The molecule has 4 nitrogen and oxygen atoms in total. The van der Waals surface area contributed by atoms with E-state index in [-0.39, 0.29) is 5.78 Å². The van der Waals surface area contributed by atoms with Gasteiger partial charge in [-0.2, -0.15) is 0 Å². The molecule has 0 spiro atoms. The Balaban J connectivity index is 1.94. The van der Waals surface area contributed by atoms with Crippen LogP contribution in [0.25, 0.3) is 0 Å². The molecule has 2 rings (SSSR count). The maximum absolute atomic E-state index is 12.4. The molecule has 4 heteroatoms. The maximum Gasteiger partial charge on any atom is 0.176 e. The predicted octanol–water partition coefficient (Wildman–Crippen LogP) is 2.29. The van der Waals surface area contributed by atoms with Crippen molar-refractivity contribution >= 4 is 5.78 Å². The first-order valence-corrected chi connectivity index (χ1v) is 7.75. The largest absolute Gasteiger partial charge is 0.494 e. The van der Waals surface area contributed by atoms with Gasteiger partial charge in [0, 0.05) is 18.2 Å². The van der Waals surface area contributed by atoms with Crippen molar-refractivity contribution in [2.24, 2.45) is 0 Å². The van der Waals surface area contributed by atoms with Gasteiger partial charge in [-0.05, 0) is 64.7 Å². The summed E-state index contributed by atoms with van der Waals surface area (Å²) in [6.07, 6.45) is 2.38. The molecule has 116 valence electrons. The van der Waals surface area contributed by atoms with Crippen LogP contribution >= 0.6 is 0 Å². The zero-order valence-electron chi connectivity index (χ0n) is 13.3. The molecule has 1 aliphatic heterocycles. The van der Waals surface area contributed by atoms with Crippen molar-refractivity contribution in [3.8, 4) is 5.75 Å². The number of carbonyl (C=O) groups excluding carboxylic acids is 1. The SMILES string of the molecule is CCOc1ccc(C(=O)CN2CCCC2CN(C)C)cc1. The number of rotatable bonds is 7. The molecule has 0 aromatic heterocycles. The Labute approximate surface area is 127 Å². The Morgan fingerprint density at radius 2 is 2.05 bits per heavy atom. The van der Waals surface area contributed by atoms with Crippen LogP contribution in [0.3, 0.4) is 0 Å². The van der Waals surface area contributed by atoms with Gasteiger partial charge in [0.25, 0.3) is 0 Å². The Hall–Kier alpha value is -1.39. The molecule has 0 amide bonds. The van der Waals surface area contributed by atoms with Gasteiger partial charge >= 0.3 is 0 Å². The molecule has 0 radical (unpaired) electrons. The quantitative estimate of drug-likeness (QED) is 0.721. The lowest BCUT2D eigenvalue weighted by Gasteiger charge is -2.26. The van der Waals surface area contributed by atoms with Gasteiger partial charge < -0.3 is 9.64 Å². The Morgan fingerprint density at radius 3 is 2.67 bits per heavy atom. The second kappa shape index (κ2) is 7.57. The summed E-state index contributed by atoms with van der Waals surface area (Å²) in [5, 5.41) is 0. The van der Waals surface area contributed by atoms with Crippen LogP contribution in [-0.4, -0.2) is 62.0 Å². The number of nitrogens with zero attached hydrogens (tertiary/aromatic N) is 2. The van der Waals surface area contributed by atoms with Crippen molar-refractivity contribution in [3.05, 3.63) is 29.8 Å². The van der Waals surface area contributed by atoms with Crippen LogP contribution in [0.4, 0.5) is 0 Å². The molecular weight excluding hydrogens is 264 g/mol. The van der Waals surface area contributed by atoms with E-state index in [1.54, 1.807) is 0 Å². The van der Waals surface area contributed by atoms with Gasteiger partial charge in [-0.25, -0.2) is 0 Å². The first-order chi connectivity index (χ1) is 10.1. The number of hydrogen-bond donors (Lipinski definition) is 0. The fourth-order valence-corrected chi connectivity index (χ4v) is 2.91. The first kappa shape index (κ1) is 16.0. The van der Waals surface area contributed by atoms with Crippen molar-refractivity contribution in [2.45, 2.75) is 25.8 Å². The summed E-state index contributed by atoms with van der Waals surface area (Å²) in [6.45, 7) is 5.18. The molecule has 1 heterocycles. The molecule has 1 fully saturated rings. The molecule has 0 N–H and O–H groups in total. The van der Waals surface area contributed by atoms with Crippen LogP contribution in [0.1, 0.15) is 30.1 Å². The lowest BCUT2D eigenvalue weighted by Crippen LogP contribution is -2.40. The highest BCUT2D eigenvalue weighted by Gasteiger charge is 2.26. The Bertz CT molecular complexity index is 456.